The minimum absolute atomic E-state index is 0.0374. The van der Waals surface area contributed by atoms with Gasteiger partial charge < -0.3 is 19.7 Å². The maximum atomic E-state index is 12.6. The number of nitrogens with one attached hydrogen (secondary N) is 1. The third kappa shape index (κ3) is 6.40. The molecule has 0 unspecified atom stereocenters. The van der Waals surface area contributed by atoms with Crippen molar-refractivity contribution < 1.29 is 23.9 Å². The van der Waals surface area contributed by atoms with Crippen molar-refractivity contribution in [2.24, 2.45) is 5.92 Å². The van der Waals surface area contributed by atoms with Crippen LogP contribution in [-0.2, 0) is 24.5 Å². The lowest BCUT2D eigenvalue weighted by Gasteiger charge is -2.19. The summed E-state index contributed by atoms with van der Waals surface area (Å²) in [5.74, 6) is -0.398. The van der Waals surface area contributed by atoms with Crippen LogP contribution in [0.1, 0.15) is 43.9 Å². The van der Waals surface area contributed by atoms with E-state index in [-0.39, 0.29) is 24.3 Å². The molecule has 3 aromatic rings. The molecule has 0 bridgehead atoms. The molecule has 1 aliphatic rings. The zero-order valence-electron chi connectivity index (χ0n) is 22.5. The van der Waals surface area contributed by atoms with Gasteiger partial charge in [0.05, 0.1) is 5.92 Å². The van der Waals surface area contributed by atoms with Crippen molar-refractivity contribution in [3.8, 4) is 11.5 Å². The predicted octanol–water partition coefficient (Wildman–Crippen LogP) is 5.93. The number of esters is 1. The van der Waals surface area contributed by atoms with Gasteiger partial charge in [-0.3, -0.25) is 14.4 Å². The van der Waals surface area contributed by atoms with Gasteiger partial charge in [0.25, 0.3) is 5.91 Å². The highest BCUT2D eigenvalue weighted by Gasteiger charge is 2.36. The van der Waals surface area contributed by atoms with Crippen LogP contribution in [0.5, 0.6) is 11.5 Å². The molecule has 2 amide bonds. The summed E-state index contributed by atoms with van der Waals surface area (Å²) in [5, 5.41) is 2.79. The summed E-state index contributed by atoms with van der Waals surface area (Å²) in [6.45, 7) is 10.1. The monoisotopic (exact) mass is 514 g/mol. The van der Waals surface area contributed by atoms with Crippen molar-refractivity contribution in [2.45, 2.75) is 46.5 Å². The highest BCUT2D eigenvalue weighted by atomic mass is 16.5. The molecule has 0 spiro atoms. The van der Waals surface area contributed by atoms with Gasteiger partial charge in [-0.25, -0.2) is 0 Å². The molecule has 1 fully saturated rings. The molecule has 0 aliphatic carbocycles. The molecule has 38 heavy (non-hydrogen) atoms. The van der Waals surface area contributed by atoms with Gasteiger partial charge in [0.1, 0.15) is 11.5 Å². The molecule has 3 aromatic carbocycles. The number of amides is 2. The Morgan fingerprint density at radius 1 is 0.921 bits per heavy atom. The van der Waals surface area contributed by atoms with E-state index in [0.29, 0.717) is 17.1 Å². The molecule has 1 saturated heterocycles. The van der Waals surface area contributed by atoms with Crippen LogP contribution in [-0.4, -0.2) is 30.9 Å². The largest absolute Gasteiger partial charge is 0.457 e. The minimum Gasteiger partial charge on any atom is -0.457 e. The molecule has 1 N–H and O–H groups in total. The number of hydrogen-bond donors (Lipinski definition) is 1. The number of aryl methyl sites for hydroxylation is 2. The Morgan fingerprint density at radius 3 is 2.08 bits per heavy atom. The van der Waals surface area contributed by atoms with Gasteiger partial charge in [-0.05, 0) is 72.4 Å². The summed E-state index contributed by atoms with van der Waals surface area (Å²) in [5.41, 5.74) is 4.54. The van der Waals surface area contributed by atoms with Gasteiger partial charge in [0, 0.05) is 24.3 Å². The number of rotatable bonds is 7. The molecule has 0 aromatic heterocycles. The van der Waals surface area contributed by atoms with Gasteiger partial charge in [-0.15, -0.1) is 0 Å². The number of carbonyl (C=O) groups is 3. The van der Waals surface area contributed by atoms with E-state index in [1.54, 1.807) is 29.2 Å². The number of benzene rings is 3. The SMILES string of the molecule is Cc1cccc(C)c1NC(=O)COC(=O)[C@@H]1CC(=O)N(c2ccc(Oc3ccc(C(C)(C)C)cc3)cc2)C1. The Kier molecular flexibility index (Phi) is 7.86. The zero-order valence-corrected chi connectivity index (χ0v) is 22.5. The molecule has 1 aliphatic heterocycles. The number of anilines is 2. The summed E-state index contributed by atoms with van der Waals surface area (Å²) < 4.78 is 11.2. The van der Waals surface area contributed by atoms with E-state index in [2.05, 4.69) is 38.2 Å². The van der Waals surface area contributed by atoms with Crippen molar-refractivity contribution >= 4 is 29.2 Å². The third-order valence-corrected chi connectivity index (χ3v) is 6.65. The Labute approximate surface area is 223 Å². The van der Waals surface area contributed by atoms with Crippen molar-refractivity contribution in [3.05, 3.63) is 83.4 Å². The fraction of sp³-hybridized carbons (Fsp3) is 0.323. The summed E-state index contributed by atoms with van der Waals surface area (Å²) in [6.07, 6.45) is 0.0374. The van der Waals surface area contributed by atoms with E-state index in [1.807, 2.05) is 44.2 Å². The second-order valence-electron chi connectivity index (χ2n) is 10.7. The van der Waals surface area contributed by atoms with Crippen LogP contribution in [0.2, 0.25) is 0 Å². The standard InChI is InChI=1S/C31H34N2O5/c1-20-7-6-8-21(2)29(20)32-27(34)19-37-30(36)22-17-28(35)33(18-22)24-11-15-26(16-12-24)38-25-13-9-23(10-14-25)31(3,4)5/h6-16,22H,17-19H2,1-5H3,(H,32,34)/t22-/m1/s1. The van der Waals surface area contributed by atoms with Crippen LogP contribution in [0.4, 0.5) is 11.4 Å². The molecule has 1 atom stereocenters. The van der Waals surface area contributed by atoms with E-state index in [9.17, 15) is 14.4 Å². The second kappa shape index (κ2) is 11.1. The van der Waals surface area contributed by atoms with Crippen LogP contribution < -0.4 is 15.0 Å². The molecule has 0 saturated carbocycles. The number of hydrogen-bond acceptors (Lipinski definition) is 5. The Hall–Kier alpha value is -4.13. The maximum Gasteiger partial charge on any atom is 0.311 e. The number of ether oxygens (including phenoxy) is 2. The Balaban J connectivity index is 1.30. The summed E-state index contributed by atoms with van der Waals surface area (Å²) in [7, 11) is 0. The van der Waals surface area contributed by atoms with E-state index in [1.165, 1.54) is 5.56 Å². The van der Waals surface area contributed by atoms with Crippen LogP contribution in [0, 0.1) is 19.8 Å². The first-order chi connectivity index (χ1) is 18.0. The van der Waals surface area contributed by atoms with Gasteiger partial charge in [0.15, 0.2) is 6.61 Å². The molecule has 7 heteroatoms. The molecule has 7 nitrogen and oxygen atoms in total. The first kappa shape index (κ1) is 26.9. The lowest BCUT2D eigenvalue weighted by atomic mass is 9.87. The fourth-order valence-electron chi connectivity index (χ4n) is 4.41. The first-order valence-corrected chi connectivity index (χ1v) is 12.7. The average molecular weight is 515 g/mol. The van der Waals surface area contributed by atoms with Gasteiger partial charge in [-0.2, -0.15) is 0 Å². The second-order valence-corrected chi connectivity index (χ2v) is 10.7. The Bertz CT molecular complexity index is 1300. The van der Waals surface area contributed by atoms with E-state index in [4.69, 9.17) is 9.47 Å². The van der Waals surface area contributed by atoms with E-state index >= 15 is 0 Å². The summed E-state index contributed by atoms with van der Waals surface area (Å²) in [6, 6.07) is 20.9. The quantitative estimate of drug-likeness (QED) is 0.395. The van der Waals surface area contributed by atoms with Gasteiger partial charge >= 0.3 is 5.97 Å². The lowest BCUT2D eigenvalue weighted by Crippen LogP contribution is -2.28. The van der Waals surface area contributed by atoms with Crippen molar-refractivity contribution in [2.75, 3.05) is 23.4 Å². The maximum absolute atomic E-state index is 12.6. The first-order valence-electron chi connectivity index (χ1n) is 12.7. The molecule has 198 valence electrons. The summed E-state index contributed by atoms with van der Waals surface area (Å²) in [4.78, 5) is 39.1. The van der Waals surface area contributed by atoms with E-state index in [0.717, 1.165) is 16.9 Å². The zero-order chi connectivity index (χ0) is 27.4. The average Bonchev–Trinajstić information content (AvgIpc) is 3.27. The highest BCUT2D eigenvalue weighted by molar-refractivity contribution is 6.00. The topological polar surface area (TPSA) is 84.9 Å². The third-order valence-electron chi connectivity index (χ3n) is 6.65. The molecule has 1 heterocycles. The highest BCUT2D eigenvalue weighted by Crippen LogP contribution is 2.30. The number of nitrogens with zero attached hydrogens (tertiary/aromatic N) is 1. The summed E-state index contributed by atoms with van der Waals surface area (Å²) >= 11 is 0. The molecule has 4 rings (SSSR count). The van der Waals surface area contributed by atoms with Crippen molar-refractivity contribution in [1.29, 1.82) is 0 Å². The van der Waals surface area contributed by atoms with Crippen LogP contribution >= 0.6 is 0 Å². The predicted molar refractivity (Wildman–Crippen MR) is 148 cm³/mol. The number of para-hydroxylation sites is 1. The smallest absolute Gasteiger partial charge is 0.311 e. The van der Waals surface area contributed by atoms with Crippen LogP contribution in [0.25, 0.3) is 0 Å². The number of carbonyl (C=O) groups excluding carboxylic acids is 3. The Morgan fingerprint density at radius 2 is 1.50 bits per heavy atom. The van der Waals surface area contributed by atoms with E-state index < -0.39 is 24.4 Å². The minimum atomic E-state index is -0.632. The van der Waals surface area contributed by atoms with Crippen molar-refractivity contribution in [1.82, 2.24) is 0 Å². The molecular formula is C31H34N2O5. The van der Waals surface area contributed by atoms with Crippen LogP contribution in [0.15, 0.2) is 66.7 Å². The van der Waals surface area contributed by atoms with Gasteiger partial charge in [0.2, 0.25) is 5.91 Å². The fourth-order valence-corrected chi connectivity index (χ4v) is 4.41. The molecule has 0 radical (unpaired) electrons. The van der Waals surface area contributed by atoms with Gasteiger partial charge in [-0.1, -0.05) is 51.1 Å². The van der Waals surface area contributed by atoms with Crippen molar-refractivity contribution in [3.63, 3.8) is 0 Å². The normalized spacial score (nSPS) is 15.3. The molecular weight excluding hydrogens is 480 g/mol. The van der Waals surface area contributed by atoms with Crippen LogP contribution in [0.3, 0.4) is 0 Å². The lowest BCUT2D eigenvalue weighted by molar-refractivity contribution is -0.151.